The maximum absolute atomic E-state index is 4.03. The number of hydrogen-bond donors (Lipinski definition) is 0. The van der Waals surface area contributed by atoms with E-state index in [9.17, 15) is 0 Å². The van der Waals surface area contributed by atoms with E-state index in [4.69, 9.17) is 0 Å². The molecule has 0 amide bonds. The molecule has 0 radical (unpaired) electrons. The van der Waals surface area contributed by atoms with Crippen LogP contribution in [0.5, 0.6) is 0 Å². The third kappa shape index (κ3) is 9.21. The lowest BCUT2D eigenvalue weighted by atomic mass is 10.4. The van der Waals surface area contributed by atoms with Crippen molar-refractivity contribution < 1.29 is 0 Å². The second kappa shape index (κ2) is 9.21. The number of allylic oxidation sites excluding steroid dienone is 1. The van der Waals surface area contributed by atoms with Crippen LogP contribution < -0.4 is 0 Å². The van der Waals surface area contributed by atoms with Crippen molar-refractivity contribution in [2.24, 2.45) is 5.10 Å². The zero-order valence-corrected chi connectivity index (χ0v) is 8.33. The van der Waals surface area contributed by atoms with Gasteiger partial charge in [-0.15, -0.1) is 0 Å². The van der Waals surface area contributed by atoms with E-state index in [1.807, 2.05) is 25.9 Å². The van der Waals surface area contributed by atoms with Crippen molar-refractivity contribution in [2.45, 2.75) is 33.7 Å². The van der Waals surface area contributed by atoms with Gasteiger partial charge in [0, 0.05) is 19.3 Å². The minimum absolute atomic E-state index is 0.459. The Morgan fingerprint density at radius 1 is 1.36 bits per heavy atom. The number of nitrogens with zero attached hydrogens (tertiary/aromatic N) is 2. The Morgan fingerprint density at radius 3 is 2.09 bits per heavy atom. The molecule has 0 fully saturated rings. The predicted molar refractivity (Wildman–Crippen MR) is 52.9 cm³/mol. The summed E-state index contributed by atoms with van der Waals surface area (Å²) in [6.07, 6.45) is 3.35. The molecule has 2 heteroatoms. The minimum Gasteiger partial charge on any atom is -0.298 e. The molecule has 0 heterocycles. The first-order chi connectivity index (χ1) is 5.18. The second-order valence-corrected chi connectivity index (χ2v) is 2.17. The molecule has 0 N–H and O–H groups in total. The molecule has 0 aliphatic carbocycles. The van der Waals surface area contributed by atoms with Gasteiger partial charge in [0.05, 0.1) is 0 Å². The normalized spacial score (nSPS) is 9.27. The molecule has 0 aromatic carbocycles. The highest BCUT2D eigenvalue weighted by Crippen LogP contribution is 1.91. The highest BCUT2D eigenvalue weighted by molar-refractivity contribution is 5.69. The summed E-state index contributed by atoms with van der Waals surface area (Å²) in [5.74, 6) is 0. The van der Waals surface area contributed by atoms with E-state index in [1.165, 1.54) is 0 Å². The Bertz CT molecular complexity index is 106. The quantitative estimate of drug-likeness (QED) is 0.453. The van der Waals surface area contributed by atoms with E-state index in [1.54, 1.807) is 12.3 Å². The monoisotopic (exact) mass is 156 g/mol. The average molecular weight is 156 g/mol. The highest BCUT2D eigenvalue weighted by atomic mass is 15.4. The van der Waals surface area contributed by atoms with Gasteiger partial charge in [0.2, 0.25) is 0 Å². The van der Waals surface area contributed by atoms with Crippen molar-refractivity contribution in [3.05, 3.63) is 12.7 Å². The van der Waals surface area contributed by atoms with Crippen molar-refractivity contribution in [3.8, 4) is 0 Å². The molecule has 0 spiro atoms. The molecule has 0 saturated heterocycles. The van der Waals surface area contributed by atoms with E-state index in [0.29, 0.717) is 6.04 Å². The lowest BCUT2D eigenvalue weighted by Crippen LogP contribution is -2.19. The van der Waals surface area contributed by atoms with Crippen LogP contribution in [0, 0.1) is 0 Å². The molecule has 0 saturated carbocycles. The smallest absolute Gasteiger partial charge is 0.0464 e. The molecule has 0 aromatic rings. The Morgan fingerprint density at radius 2 is 1.82 bits per heavy atom. The van der Waals surface area contributed by atoms with E-state index in [0.717, 1.165) is 0 Å². The van der Waals surface area contributed by atoms with Gasteiger partial charge in [-0.2, -0.15) is 5.10 Å². The number of rotatable bonds is 3. The van der Waals surface area contributed by atoms with Crippen LogP contribution in [0.2, 0.25) is 0 Å². The van der Waals surface area contributed by atoms with Gasteiger partial charge in [0.25, 0.3) is 0 Å². The summed E-state index contributed by atoms with van der Waals surface area (Å²) < 4.78 is 0. The molecule has 0 unspecified atom stereocenters. The fourth-order valence-electron chi connectivity index (χ4n) is 0.286. The molecule has 11 heavy (non-hydrogen) atoms. The molecule has 0 aliphatic heterocycles. The summed E-state index contributed by atoms with van der Waals surface area (Å²) in [5.41, 5.74) is 0. The van der Waals surface area contributed by atoms with Crippen LogP contribution in [0.4, 0.5) is 0 Å². The lowest BCUT2D eigenvalue weighted by Gasteiger charge is -2.15. The summed E-state index contributed by atoms with van der Waals surface area (Å²) in [5, 5.41) is 5.91. The Balaban J connectivity index is 0. The van der Waals surface area contributed by atoms with Gasteiger partial charge in [-0.25, -0.2) is 0 Å². The molecular weight excluding hydrogens is 136 g/mol. The SMILES string of the molecule is C=C/C=N\N(C)C(C)C.CC. The van der Waals surface area contributed by atoms with Crippen LogP contribution in [0.3, 0.4) is 0 Å². The van der Waals surface area contributed by atoms with Gasteiger partial charge in [-0.1, -0.05) is 20.4 Å². The molecule has 66 valence electrons. The topological polar surface area (TPSA) is 15.6 Å². The summed E-state index contributed by atoms with van der Waals surface area (Å²) in [6.45, 7) is 11.7. The lowest BCUT2D eigenvalue weighted by molar-refractivity contribution is 0.290. The van der Waals surface area contributed by atoms with Gasteiger partial charge in [0.1, 0.15) is 0 Å². The van der Waals surface area contributed by atoms with Crippen LogP contribution in [-0.4, -0.2) is 24.3 Å². The first-order valence-corrected chi connectivity index (χ1v) is 4.06. The van der Waals surface area contributed by atoms with Crippen molar-refractivity contribution in [1.82, 2.24) is 5.01 Å². The fraction of sp³-hybridized carbons (Fsp3) is 0.667. The van der Waals surface area contributed by atoms with Crippen molar-refractivity contribution in [3.63, 3.8) is 0 Å². The van der Waals surface area contributed by atoms with E-state index < -0.39 is 0 Å². The average Bonchev–Trinajstić information content (AvgIpc) is 2.03. The molecule has 0 atom stereocenters. The number of hydrogen-bond acceptors (Lipinski definition) is 2. The Labute approximate surface area is 70.6 Å². The summed E-state index contributed by atoms with van der Waals surface area (Å²) in [6, 6.07) is 0.459. The zero-order chi connectivity index (χ0) is 9.28. The molecule has 2 nitrogen and oxygen atoms in total. The second-order valence-electron chi connectivity index (χ2n) is 2.17. The van der Waals surface area contributed by atoms with Gasteiger partial charge < -0.3 is 0 Å². The van der Waals surface area contributed by atoms with Gasteiger partial charge in [-0.3, -0.25) is 5.01 Å². The molecule has 0 rings (SSSR count). The first kappa shape index (κ1) is 12.8. The summed E-state index contributed by atoms with van der Waals surface area (Å²) >= 11 is 0. The highest BCUT2D eigenvalue weighted by Gasteiger charge is 1.94. The van der Waals surface area contributed by atoms with Crippen LogP contribution in [0.1, 0.15) is 27.7 Å². The van der Waals surface area contributed by atoms with Gasteiger partial charge >= 0.3 is 0 Å². The standard InChI is InChI=1S/C7H14N2.C2H6/c1-5-6-8-9(4)7(2)3;1-2/h5-7H,1H2,2-4H3;1-2H3/b8-6-;. The van der Waals surface area contributed by atoms with Crippen LogP contribution >= 0.6 is 0 Å². The minimum atomic E-state index is 0.459. The predicted octanol–water partition coefficient (Wildman–Crippen LogP) is 2.52. The summed E-state index contributed by atoms with van der Waals surface area (Å²) in [7, 11) is 1.94. The summed E-state index contributed by atoms with van der Waals surface area (Å²) in [4.78, 5) is 0. The van der Waals surface area contributed by atoms with E-state index >= 15 is 0 Å². The molecule has 0 aromatic heterocycles. The third-order valence-corrected chi connectivity index (χ3v) is 1.10. The van der Waals surface area contributed by atoms with Gasteiger partial charge in [-0.05, 0) is 19.9 Å². The maximum atomic E-state index is 4.03. The van der Waals surface area contributed by atoms with Crippen molar-refractivity contribution in [1.29, 1.82) is 0 Å². The largest absolute Gasteiger partial charge is 0.298 e. The molecule has 0 aliphatic rings. The van der Waals surface area contributed by atoms with Crippen LogP contribution in [0.15, 0.2) is 17.8 Å². The van der Waals surface area contributed by atoms with Gasteiger partial charge in [0.15, 0.2) is 0 Å². The fourth-order valence-corrected chi connectivity index (χ4v) is 0.286. The third-order valence-electron chi connectivity index (χ3n) is 1.10. The maximum Gasteiger partial charge on any atom is 0.0464 e. The van der Waals surface area contributed by atoms with E-state index in [-0.39, 0.29) is 0 Å². The Hall–Kier alpha value is -0.790. The van der Waals surface area contributed by atoms with Crippen LogP contribution in [-0.2, 0) is 0 Å². The van der Waals surface area contributed by atoms with Crippen molar-refractivity contribution in [2.75, 3.05) is 7.05 Å². The van der Waals surface area contributed by atoms with E-state index in [2.05, 4.69) is 25.5 Å². The molecular formula is C9H20N2. The zero-order valence-electron chi connectivity index (χ0n) is 8.33. The number of hydrazone groups is 1. The molecule has 0 bridgehead atoms. The van der Waals surface area contributed by atoms with Crippen LogP contribution in [0.25, 0.3) is 0 Å². The van der Waals surface area contributed by atoms with Crippen molar-refractivity contribution >= 4 is 6.21 Å². The Kier molecular flexibility index (Phi) is 10.8. The first-order valence-electron chi connectivity index (χ1n) is 4.06.